The minimum absolute atomic E-state index is 1.01. The predicted molar refractivity (Wildman–Crippen MR) is 59.6 cm³/mol. The van der Waals surface area contributed by atoms with Gasteiger partial charge < -0.3 is 4.90 Å². The van der Waals surface area contributed by atoms with Crippen LogP contribution in [-0.4, -0.2) is 44.7 Å². The molecular weight excluding hydrogens is 172 g/mol. The van der Waals surface area contributed by atoms with Crippen molar-refractivity contribution in [3.8, 4) is 0 Å². The van der Waals surface area contributed by atoms with Crippen molar-refractivity contribution in [2.24, 2.45) is 11.8 Å². The number of nitrogens with one attached hydrogen (secondary N) is 1. The highest BCUT2D eigenvalue weighted by Crippen LogP contribution is 2.29. The predicted octanol–water partition coefficient (Wildman–Crippen LogP) is 0.253. The van der Waals surface area contributed by atoms with Gasteiger partial charge in [0, 0.05) is 19.0 Å². The Kier molecular flexibility index (Phi) is 3.45. The second-order valence-corrected chi connectivity index (χ2v) is 5.54. The van der Waals surface area contributed by atoms with Gasteiger partial charge in [-0.15, -0.1) is 0 Å². The van der Waals surface area contributed by atoms with Crippen molar-refractivity contribution in [3.05, 3.63) is 0 Å². The summed E-state index contributed by atoms with van der Waals surface area (Å²) in [4.78, 5) is 4.32. The van der Waals surface area contributed by atoms with Gasteiger partial charge in [0.1, 0.15) is 0 Å². The fourth-order valence-electron chi connectivity index (χ4n) is 3.06. The first-order chi connectivity index (χ1) is 6.74. The van der Waals surface area contributed by atoms with Crippen molar-refractivity contribution < 1.29 is 4.90 Å². The number of hydrogen-bond acceptors (Lipinski definition) is 1. The quantitative estimate of drug-likeness (QED) is 0.667. The molecule has 2 fully saturated rings. The highest BCUT2D eigenvalue weighted by molar-refractivity contribution is 4.72. The van der Waals surface area contributed by atoms with Gasteiger partial charge in [-0.25, -0.2) is 0 Å². The third-order valence-electron chi connectivity index (χ3n) is 4.07. The first-order valence-corrected chi connectivity index (χ1v) is 6.26. The molecular formula is C12H25N2+. The molecule has 1 saturated heterocycles. The molecule has 1 N–H and O–H groups in total. The monoisotopic (exact) mass is 197 g/mol. The van der Waals surface area contributed by atoms with Crippen LogP contribution >= 0.6 is 0 Å². The molecule has 0 amide bonds. The van der Waals surface area contributed by atoms with Gasteiger partial charge in [0.25, 0.3) is 0 Å². The van der Waals surface area contributed by atoms with Gasteiger partial charge in [0.2, 0.25) is 0 Å². The SMILES string of the molecule is CC1CCC(C[NH+]2CCN(C)CC2)C1. The summed E-state index contributed by atoms with van der Waals surface area (Å²) < 4.78 is 0. The van der Waals surface area contributed by atoms with E-state index in [1.165, 1.54) is 52.0 Å². The van der Waals surface area contributed by atoms with Crippen LogP contribution in [0, 0.1) is 11.8 Å². The molecule has 2 atom stereocenters. The smallest absolute Gasteiger partial charge is 0.0900 e. The summed E-state index contributed by atoms with van der Waals surface area (Å²) in [5.74, 6) is 2.05. The van der Waals surface area contributed by atoms with Crippen LogP contribution in [0.2, 0.25) is 0 Å². The van der Waals surface area contributed by atoms with Gasteiger partial charge in [-0.05, 0) is 25.8 Å². The first kappa shape index (κ1) is 10.4. The maximum atomic E-state index is 2.46. The number of quaternary nitrogens is 1. The second-order valence-electron chi connectivity index (χ2n) is 5.54. The summed E-state index contributed by atoms with van der Waals surface area (Å²) in [7, 11) is 2.24. The second kappa shape index (κ2) is 4.63. The summed E-state index contributed by atoms with van der Waals surface area (Å²) in [6.45, 7) is 9.23. The van der Waals surface area contributed by atoms with E-state index in [9.17, 15) is 0 Å². The Morgan fingerprint density at radius 2 is 1.93 bits per heavy atom. The topological polar surface area (TPSA) is 7.68 Å². The third kappa shape index (κ3) is 2.71. The Morgan fingerprint density at radius 1 is 1.21 bits per heavy atom. The number of nitrogens with zero attached hydrogens (tertiary/aromatic N) is 1. The largest absolute Gasteiger partial charge is 0.333 e. The standard InChI is InChI=1S/C12H24N2/c1-11-3-4-12(9-11)10-14-7-5-13(2)6-8-14/h11-12H,3-10H2,1-2H3/p+1. The zero-order valence-electron chi connectivity index (χ0n) is 9.76. The van der Waals surface area contributed by atoms with E-state index in [0.29, 0.717) is 0 Å². The maximum absolute atomic E-state index is 2.46. The Bertz CT molecular complexity index is 173. The number of hydrogen-bond donors (Lipinski definition) is 1. The Balaban J connectivity index is 1.70. The molecule has 0 aromatic rings. The van der Waals surface area contributed by atoms with Gasteiger partial charge in [0.05, 0.1) is 19.6 Å². The van der Waals surface area contributed by atoms with Gasteiger partial charge in [-0.2, -0.15) is 0 Å². The molecule has 0 bridgehead atoms. The van der Waals surface area contributed by atoms with Crippen molar-refractivity contribution in [1.29, 1.82) is 0 Å². The van der Waals surface area contributed by atoms with Crippen molar-refractivity contribution in [1.82, 2.24) is 4.90 Å². The maximum Gasteiger partial charge on any atom is 0.0900 e. The molecule has 2 aliphatic rings. The van der Waals surface area contributed by atoms with Crippen LogP contribution < -0.4 is 4.90 Å². The summed E-state index contributed by atoms with van der Waals surface area (Å²) in [6.07, 6.45) is 4.48. The highest BCUT2D eigenvalue weighted by atomic mass is 15.2. The lowest BCUT2D eigenvalue weighted by atomic mass is 10.1. The zero-order valence-corrected chi connectivity index (χ0v) is 9.76. The summed E-state index contributed by atoms with van der Waals surface area (Å²) in [5, 5.41) is 0. The van der Waals surface area contributed by atoms with E-state index in [1.807, 2.05) is 4.90 Å². The normalized spacial score (nSPS) is 36.4. The van der Waals surface area contributed by atoms with Crippen LogP contribution in [0.4, 0.5) is 0 Å². The van der Waals surface area contributed by atoms with Crippen LogP contribution in [0.5, 0.6) is 0 Å². The Labute approximate surface area is 88.3 Å². The van der Waals surface area contributed by atoms with E-state index >= 15 is 0 Å². The summed E-state index contributed by atoms with van der Waals surface area (Å²) in [5.41, 5.74) is 0. The minimum Gasteiger partial charge on any atom is -0.333 e. The third-order valence-corrected chi connectivity index (χ3v) is 4.07. The number of piperazine rings is 1. The average molecular weight is 197 g/mol. The number of rotatable bonds is 2. The van der Waals surface area contributed by atoms with E-state index in [4.69, 9.17) is 0 Å². The zero-order chi connectivity index (χ0) is 9.97. The molecule has 2 unspecified atom stereocenters. The van der Waals surface area contributed by atoms with Crippen LogP contribution in [0.1, 0.15) is 26.2 Å². The van der Waals surface area contributed by atoms with Crippen LogP contribution in [0.25, 0.3) is 0 Å². The van der Waals surface area contributed by atoms with E-state index < -0.39 is 0 Å². The van der Waals surface area contributed by atoms with Gasteiger partial charge >= 0.3 is 0 Å². The molecule has 82 valence electrons. The van der Waals surface area contributed by atoms with Crippen molar-refractivity contribution in [2.45, 2.75) is 26.2 Å². The van der Waals surface area contributed by atoms with Crippen LogP contribution in [0.3, 0.4) is 0 Å². The molecule has 1 saturated carbocycles. The highest BCUT2D eigenvalue weighted by Gasteiger charge is 2.26. The molecule has 0 spiro atoms. The summed E-state index contributed by atoms with van der Waals surface area (Å²) in [6, 6.07) is 0. The van der Waals surface area contributed by atoms with E-state index in [-0.39, 0.29) is 0 Å². The lowest BCUT2D eigenvalue weighted by Crippen LogP contribution is -3.15. The molecule has 0 aromatic heterocycles. The fraction of sp³-hybridized carbons (Fsp3) is 1.00. The van der Waals surface area contributed by atoms with Gasteiger partial charge in [-0.3, -0.25) is 4.90 Å². The lowest BCUT2D eigenvalue weighted by Gasteiger charge is -2.31. The molecule has 0 aromatic carbocycles. The molecule has 2 rings (SSSR count). The average Bonchev–Trinajstić information content (AvgIpc) is 2.56. The van der Waals surface area contributed by atoms with E-state index in [1.54, 1.807) is 0 Å². The molecule has 1 aliphatic carbocycles. The first-order valence-electron chi connectivity index (χ1n) is 6.26. The van der Waals surface area contributed by atoms with Crippen LogP contribution in [-0.2, 0) is 0 Å². The van der Waals surface area contributed by atoms with Crippen molar-refractivity contribution in [2.75, 3.05) is 39.8 Å². The Hall–Kier alpha value is -0.0800. The van der Waals surface area contributed by atoms with Gasteiger partial charge in [-0.1, -0.05) is 13.3 Å². The summed E-state index contributed by atoms with van der Waals surface area (Å²) >= 11 is 0. The minimum atomic E-state index is 1.01. The Morgan fingerprint density at radius 3 is 2.50 bits per heavy atom. The molecule has 14 heavy (non-hydrogen) atoms. The van der Waals surface area contributed by atoms with Crippen LogP contribution in [0.15, 0.2) is 0 Å². The molecule has 1 heterocycles. The van der Waals surface area contributed by atoms with E-state index in [0.717, 1.165) is 11.8 Å². The van der Waals surface area contributed by atoms with E-state index in [2.05, 4.69) is 18.9 Å². The number of likely N-dealkylation sites (N-methyl/N-ethyl adjacent to an activating group) is 1. The van der Waals surface area contributed by atoms with Crippen molar-refractivity contribution in [3.63, 3.8) is 0 Å². The lowest BCUT2D eigenvalue weighted by molar-refractivity contribution is -0.907. The molecule has 2 nitrogen and oxygen atoms in total. The van der Waals surface area contributed by atoms with Crippen molar-refractivity contribution >= 4 is 0 Å². The molecule has 1 aliphatic heterocycles. The fourth-order valence-corrected chi connectivity index (χ4v) is 3.06. The van der Waals surface area contributed by atoms with Gasteiger partial charge in [0.15, 0.2) is 0 Å². The molecule has 0 radical (unpaired) electrons. The molecule has 2 heteroatoms.